The highest BCUT2D eigenvalue weighted by atomic mass is 16.6. The number of benzene rings is 1. The van der Waals surface area contributed by atoms with Crippen LogP contribution in [0, 0.1) is 5.92 Å². The van der Waals surface area contributed by atoms with Gasteiger partial charge >= 0.3 is 6.09 Å². The van der Waals surface area contributed by atoms with Gasteiger partial charge in [-0.05, 0) is 37.7 Å². The molecule has 1 aromatic rings. The highest BCUT2D eigenvalue weighted by Gasteiger charge is 2.20. The average molecular weight is 303 g/mol. The molecule has 1 amide bonds. The van der Waals surface area contributed by atoms with E-state index in [2.05, 4.69) is 50.3 Å². The molecule has 0 unspecified atom stereocenters. The van der Waals surface area contributed by atoms with E-state index in [-0.39, 0.29) is 6.09 Å². The number of carbonyl (C=O) groups is 1. The Balaban J connectivity index is 0.000000224. The van der Waals surface area contributed by atoms with E-state index in [9.17, 15) is 4.79 Å². The normalized spacial score (nSPS) is 15.3. The molecule has 0 aromatic heterocycles. The highest BCUT2D eigenvalue weighted by Crippen LogP contribution is 2.16. The lowest BCUT2D eigenvalue weighted by molar-refractivity contribution is 0.0934. The maximum atomic E-state index is 11.2. The molecular weight excluding hydrogens is 274 g/mol. The number of carbonyl (C=O) groups excluding carboxylic acids is 1. The van der Waals surface area contributed by atoms with Crippen LogP contribution in [0.5, 0.6) is 0 Å². The minimum atomic E-state index is -0.149. The second-order valence-corrected chi connectivity index (χ2v) is 5.59. The van der Waals surface area contributed by atoms with Crippen molar-refractivity contribution < 1.29 is 9.53 Å². The Morgan fingerprint density at radius 3 is 2.41 bits per heavy atom. The van der Waals surface area contributed by atoms with Crippen molar-refractivity contribution in [1.29, 1.82) is 0 Å². The lowest BCUT2D eigenvalue weighted by Crippen LogP contribution is -2.38. The van der Waals surface area contributed by atoms with Crippen molar-refractivity contribution in [2.45, 2.75) is 40.0 Å². The summed E-state index contributed by atoms with van der Waals surface area (Å²) in [5.74, 6) is 0.760. The quantitative estimate of drug-likeness (QED) is 0.787. The zero-order chi connectivity index (χ0) is 16.2. The predicted octanol–water partition coefficient (Wildman–Crippen LogP) is 4.98. The lowest BCUT2D eigenvalue weighted by Gasteiger charge is -2.29. The molecule has 1 aliphatic rings. The van der Waals surface area contributed by atoms with Gasteiger partial charge in [-0.2, -0.15) is 0 Å². The maximum absolute atomic E-state index is 11.2. The molecule has 2 rings (SSSR count). The summed E-state index contributed by atoms with van der Waals surface area (Å²) < 4.78 is 4.90. The zero-order valence-electron chi connectivity index (χ0n) is 14.1. The molecule has 1 aromatic carbocycles. The Bertz CT molecular complexity index is 434. The largest absolute Gasteiger partial charge is 0.450 e. The molecule has 1 heterocycles. The van der Waals surface area contributed by atoms with Gasteiger partial charge in [0.2, 0.25) is 0 Å². The van der Waals surface area contributed by atoms with Crippen LogP contribution in [0.15, 0.2) is 36.4 Å². The fraction of sp³-hybridized carbons (Fsp3) is 0.526. The van der Waals surface area contributed by atoms with Gasteiger partial charge in [-0.25, -0.2) is 4.79 Å². The van der Waals surface area contributed by atoms with E-state index in [0.29, 0.717) is 6.61 Å². The number of hydrogen-bond acceptors (Lipinski definition) is 2. The van der Waals surface area contributed by atoms with Crippen molar-refractivity contribution in [3.05, 3.63) is 42.0 Å². The second-order valence-electron chi connectivity index (χ2n) is 5.59. The van der Waals surface area contributed by atoms with E-state index in [0.717, 1.165) is 38.3 Å². The molecule has 1 aliphatic heterocycles. The van der Waals surface area contributed by atoms with Crippen LogP contribution in [0.2, 0.25) is 0 Å². The van der Waals surface area contributed by atoms with Crippen molar-refractivity contribution in [2.75, 3.05) is 19.7 Å². The molecule has 122 valence electrons. The van der Waals surface area contributed by atoms with E-state index in [1.165, 1.54) is 5.56 Å². The first-order chi connectivity index (χ1) is 10.7. The Kier molecular flexibility index (Phi) is 9.04. The van der Waals surface area contributed by atoms with Gasteiger partial charge in [0.1, 0.15) is 0 Å². The minimum absolute atomic E-state index is 0.149. The van der Waals surface area contributed by atoms with Crippen LogP contribution in [0.1, 0.15) is 45.6 Å². The Labute approximate surface area is 135 Å². The number of allylic oxidation sites excluding steroid dienone is 1. The fourth-order valence-electron chi connectivity index (χ4n) is 2.22. The van der Waals surface area contributed by atoms with E-state index < -0.39 is 0 Å². The van der Waals surface area contributed by atoms with Gasteiger partial charge in [-0.3, -0.25) is 0 Å². The molecule has 1 saturated heterocycles. The first-order valence-corrected chi connectivity index (χ1v) is 8.30. The molecule has 0 radical (unpaired) electrons. The van der Waals surface area contributed by atoms with Crippen molar-refractivity contribution in [2.24, 2.45) is 5.92 Å². The van der Waals surface area contributed by atoms with Gasteiger partial charge in [0.25, 0.3) is 0 Å². The molecule has 0 atom stereocenters. The number of nitrogens with zero attached hydrogens (tertiary/aromatic N) is 1. The summed E-state index contributed by atoms with van der Waals surface area (Å²) in [6.45, 7) is 8.40. The molecule has 1 fully saturated rings. The van der Waals surface area contributed by atoms with Gasteiger partial charge < -0.3 is 9.64 Å². The third-order valence-electron chi connectivity index (χ3n) is 3.66. The number of likely N-dealkylation sites (tertiary alicyclic amines) is 1. The molecule has 0 saturated carbocycles. The predicted molar refractivity (Wildman–Crippen MR) is 92.8 cm³/mol. The average Bonchev–Trinajstić information content (AvgIpc) is 2.55. The second kappa shape index (κ2) is 10.9. The number of amides is 1. The monoisotopic (exact) mass is 303 g/mol. The van der Waals surface area contributed by atoms with E-state index >= 15 is 0 Å². The topological polar surface area (TPSA) is 29.5 Å². The number of hydrogen-bond donors (Lipinski definition) is 0. The molecule has 3 heteroatoms. The summed E-state index contributed by atoms with van der Waals surface area (Å²) in [5, 5.41) is 0. The number of rotatable bonds is 3. The maximum Gasteiger partial charge on any atom is 0.409 e. The molecule has 22 heavy (non-hydrogen) atoms. The van der Waals surface area contributed by atoms with Crippen molar-refractivity contribution in [3.63, 3.8) is 0 Å². The van der Waals surface area contributed by atoms with Gasteiger partial charge in [0.05, 0.1) is 6.61 Å². The van der Waals surface area contributed by atoms with Crippen LogP contribution >= 0.6 is 0 Å². The van der Waals surface area contributed by atoms with Crippen LogP contribution in [-0.2, 0) is 4.74 Å². The minimum Gasteiger partial charge on any atom is -0.450 e. The third-order valence-corrected chi connectivity index (χ3v) is 3.66. The number of piperidine rings is 1. The first-order valence-electron chi connectivity index (χ1n) is 8.30. The molecule has 0 spiro atoms. The van der Waals surface area contributed by atoms with Crippen LogP contribution < -0.4 is 0 Å². The van der Waals surface area contributed by atoms with E-state index in [1.807, 2.05) is 13.0 Å². The Morgan fingerprint density at radius 1 is 1.23 bits per heavy atom. The van der Waals surface area contributed by atoms with Crippen LogP contribution in [0.3, 0.4) is 0 Å². The van der Waals surface area contributed by atoms with Crippen molar-refractivity contribution in [3.8, 4) is 0 Å². The SMILES string of the molecule is CC/C=C/c1ccccc1.CCOC(=O)N1CCC(C)CC1. The first kappa shape index (κ1) is 18.3. The van der Waals surface area contributed by atoms with Crippen molar-refractivity contribution in [1.82, 2.24) is 4.90 Å². The van der Waals surface area contributed by atoms with Gasteiger partial charge in [-0.1, -0.05) is 56.3 Å². The van der Waals surface area contributed by atoms with Gasteiger partial charge in [0.15, 0.2) is 0 Å². The summed E-state index contributed by atoms with van der Waals surface area (Å²) in [7, 11) is 0. The summed E-state index contributed by atoms with van der Waals surface area (Å²) >= 11 is 0. The molecule has 0 N–H and O–H groups in total. The third kappa shape index (κ3) is 7.30. The standard InChI is InChI=1S/C10H12.C9H17NO2/c1-2-3-7-10-8-5-4-6-9-10;1-3-12-9(11)10-6-4-8(2)5-7-10/h3-9H,2H2,1H3;8H,3-7H2,1-2H3/b7-3+;. The fourth-order valence-corrected chi connectivity index (χ4v) is 2.22. The number of ether oxygens (including phenoxy) is 1. The highest BCUT2D eigenvalue weighted by molar-refractivity contribution is 5.67. The van der Waals surface area contributed by atoms with Gasteiger partial charge in [0, 0.05) is 13.1 Å². The van der Waals surface area contributed by atoms with Crippen LogP contribution in [0.4, 0.5) is 4.79 Å². The van der Waals surface area contributed by atoms with Gasteiger partial charge in [-0.15, -0.1) is 0 Å². The Hall–Kier alpha value is -1.77. The Morgan fingerprint density at radius 2 is 1.86 bits per heavy atom. The molecule has 0 bridgehead atoms. The van der Waals surface area contributed by atoms with E-state index in [4.69, 9.17) is 4.74 Å². The molecule has 0 aliphatic carbocycles. The van der Waals surface area contributed by atoms with Crippen LogP contribution in [0.25, 0.3) is 6.08 Å². The summed E-state index contributed by atoms with van der Waals surface area (Å²) in [6.07, 6.45) is 7.48. The summed E-state index contributed by atoms with van der Waals surface area (Å²) in [5.41, 5.74) is 1.28. The summed E-state index contributed by atoms with van der Waals surface area (Å²) in [4.78, 5) is 13.0. The molecular formula is C19H29NO2. The zero-order valence-corrected chi connectivity index (χ0v) is 14.1. The molecule has 3 nitrogen and oxygen atoms in total. The smallest absolute Gasteiger partial charge is 0.409 e. The van der Waals surface area contributed by atoms with Crippen LogP contribution in [-0.4, -0.2) is 30.7 Å². The van der Waals surface area contributed by atoms with E-state index in [1.54, 1.807) is 4.90 Å². The van der Waals surface area contributed by atoms with Crippen molar-refractivity contribution >= 4 is 12.2 Å². The summed E-state index contributed by atoms with van der Waals surface area (Å²) in [6, 6.07) is 10.3. The lowest BCUT2D eigenvalue weighted by atomic mass is 10.00.